The molecule has 6 heterocycles. The molecule has 4 unspecified atom stereocenters. The first-order chi connectivity index (χ1) is 25.5. The van der Waals surface area contributed by atoms with Gasteiger partial charge in [-0.1, -0.05) is 0 Å². The Labute approximate surface area is 301 Å². The van der Waals surface area contributed by atoms with Crippen molar-refractivity contribution < 1.29 is 89.7 Å². The second-order valence-corrected chi connectivity index (χ2v) is 17.6. The summed E-state index contributed by atoms with van der Waals surface area (Å²) in [6.45, 7) is -2.35. The minimum Gasteiger partial charge on any atom is -0.387 e. The summed E-state index contributed by atoms with van der Waals surface area (Å²) in [7, 11) is -24.1. The van der Waals surface area contributed by atoms with Crippen LogP contribution in [0, 0.1) is 0 Å². The number of aliphatic hydroxyl groups excluding tert-OH is 4. The Balaban J connectivity index is 1.02. The van der Waals surface area contributed by atoms with E-state index in [0.717, 1.165) is 21.8 Å². The van der Waals surface area contributed by atoms with Crippen LogP contribution < -0.4 is 22.6 Å². The van der Waals surface area contributed by atoms with Crippen LogP contribution >= 0.6 is 31.3 Å². The number of H-pyrrole nitrogens is 2. The Morgan fingerprint density at radius 1 is 0.636 bits per heavy atom. The number of hydrogen-bond donors (Lipinski definition) is 12. The highest BCUT2D eigenvalue weighted by atomic mass is 31.3. The second-order valence-electron chi connectivity index (χ2n) is 11.4. The van der Waals surface area contributed by atoms with E-state index in [9.17, 15) is 67.8 Å². The van der Waals surface area contributed by atoms with Crippen molar-refractivity contribution in [2.24, 2.45) is 0 Å². The SMILES string of the molecule is Nc1nc(=O)c2ncn([C@@H]3O[C@H](COP(=O)(O)OP(=O)(O)OP(=O)(O)OP(=O)(O)OC[C@H]4O[C@@H](n5cnc6c(=O)nc(N)[nH]c65)[C@H](O)[C@H]4O)[C@H](O)[C@H]3O)c2[nH]1. The predicted octanol–water partition coefficient (Wildman–Crippen LogP) is -3.86. The van der Waals surface area contributed by atoms with Gasteiger partial charge >= 0.3 is 42.4 Å². The number of nitrogens with one attached hydrogen (secondary N) is 2. The Morgan fingerprint density at radius 2 is 0.982 bits per heavy atom. The second kappa shape index (κ2) is 14.8. The standard InChI is InChI=1S/C20H28N10O21P4/c21-19-25-13-7(15(35)27-19)23-3-29(13)17-11(33)9(31)5(47-17)1-45-52(37,38)49-54(41,42)51-55(43,44)50-53(39,40)46-2-6-10(32)12(34)18(48-6)30-4-24-8-14(30)26-20(22)28-16(8)36/h3-6,9-12,17-18,31-34H,1-2H2,(H,37,38)(H,39,40)(H,41,42)(H,43,44)(H3,21,25,27,35)(H3,22,26,28,36)/t5-,6-,9+,10+,11-,12-,17-,18-/m1/s1. The van der Waals surface area contributed by atoms with Crippen molar-refractivity contribution in [1.29, 1.82) is 0 Å². The number of rotatable bonds is 14. The summed E-state index contributed by atoms with van der Waals surface area (Å²) in [4.78, 5) is 83.2. The fraction of sp³-hybridized carbons (Fsp3) is 0.500. The lowest BCUT2D eigenvalue weighted by molar-refractivity contribution is -0.0505. The minimum absolute atomic E-state index is 0.0985. The minimum atomic E-state index is -6.25. The molecular formula is C20H28N10O21P4. The van der Waals surface area contributed by atoms with Gasteiger partial charge in [-0.3, -0.25) is 27.8 Å². The van der Waals surface area contributed by atoms with Crippen LogP contribution in [0.4, 0.5) is 11.9 Å². The maximum Gasteiger partial charge on any atom is 0.490 e. The van der Waals surface area contributed by atoms with Crippen LogP contribution in [-0.2, 0) is 49.7 Å². The van der Waals surface area contributed by atoms with Gasteiger partial charge in [0.1, 0.15) is 47.9 Å². The van der Waals surface area contributed by atoms with Crippen LogP contribution in [0.15, 0.2) is 22.2 Å². The van der Waals surface area contributed by atoms with E-state index < -0.39 is 105 Å². The van der Waals surface area contributed by atoms with Gasteiger partial charge in [0.2, 0.25) is 11.9 Å². The average molecular weight is 868 g/mol. The predicted molar refractivity (Wildman–Crippen MR) is 171 cm³/mol. The molecule has 0 aliphatic carbocycles. The first-order valence-corrected chi connectivity index (χ1v) is 20.7. The summed E-state index contributed by atoms with van der Waals surface area (Å²) in [5, 5.41) is 41.8. The molecule has 55 heavy (non-hydrogen) atoms. The van der Waals surface area contributed by atoms with Crippen LogP contribution in [0.25, 0.3) is 22.3 Å². The Hall–Kier alpha value is -3.38. The largest absolute Gasteiger partial charge is 0.490 e. The average Bonchev–Trinajstić information content (AvgIpc) is 3.79. The molecule has 2 aliphatic heterocycles. The fourth-order valence-electron chi connectivity index (χ4n) is 5.29. The third-order valence-electron chi connectivity index (χ3n) is 7.58. The molecule has 0 radical (unpaired) electrons. The van der Waals surface area contributed by atoms with Gasteiger partial charge < -0.3 is 70.9 Å². The van der Waals surface area contributed by atoms with Crippen molar-refractivity contribution >= 4 is 65.5 Å². The number of nitrogens with two attached hydrogens (primary N) is 2. The lowest BCUT2D eigenvalue weighted by Gasteiger charge is -2.21. The van der Waals surface area contributed by atoms with Crippen molar-refractivity contribution in [2.75, 3.05) is 24.7 Å². The smallest absolute Gasteiger partial charge is 0.387 e. The van der Waals surface area contributed by atoms with Gasteiger partial charge in [-0.15, -0.1) is 0 Å². The molecule has 0 saturated carbocycles. The molecule has 0 aromatic carbocycles. The molecule has 2 saturated heterocycles. The number of aliphatic hydroxyl groups is 4. The van der Waals surface area contributed by atoms with Crippen molar-refractivity contribution in [3.05, 3.63) is 33.4 Å². The monoisotopic (exact) mass is 868 g/mol. The molecule has 0 spiro atoms. The molecule has 2 fully saturated rings. The lowest BCUT2D eigenvalue weighted by Crippen LogP contribution is -2.33. The number of nitrogens with zero attached hydrogens (tertiary/aromatic N) is 6. The Morgan fingerprint density at radius 3 is 1.35 bits per heavy atom. The zero-order chi connectivity index (χ0) is 40.4. The molecule has 0 bridgehead atoms. The van der Waals surface area contributed by atoms with Gasteiger partial charge in [-0.2, -0.15) is 22.9 Å². The molecule has 6 rings (SSSR count). The molecule has 4 aromatic heterocycles. The topological polar surface area (TPSA) is 474 Å². The number of phosphoric ester groups is 2. The van der Waals surface area contributed by atoms with Crippen LogP contribution in [0.1, 0.15) is 12.5 Å². The van der Waals surface area contributed by atoms with Crippen molar-refractivity contribution in [3.63, 3.8) is 0 Å². The molecule has 0 amide bonds. The Kier molecular flexibility index (Phi) is 11.1. The maximum atomic E-state index is 12.4. The fourth-order valence-corrected chi connectivity index (χ4v) is 10.2. The molecule has 35 heteroatoms. The normalized spacial score (nSPS) is 30.3. The van der Waals surface area contributed by atoms with E-state index >= 15 is 0 Å². The number of imidazole rings is 2. The first kappa shape index (κ1) is 41.3. The van der Waals surface area contributed by atoms with Crippen LogP contribution in [0.3, 0.4) is 0 Å². The van der Waals surface area contributed by atoms with Gasteiger partial charge in [-0.05, 0) is 0 Å². The van der Waals surface area contributed by atoms with E-state index in [2.05, 4.69) is 51.9 Å². The number of nitrogen functional groups attached to an aromatic ring is 2. The summed E-state index contributed by atoms with van der Waals surface area (Å²) < 4.78 is 83.0. The van der Waals surface area contributed by atoms with E-state index in [0.29, 0.717) is 0 Å². The summed E-state index contributed by atoms with van der Waals surface area (Å²) in [5.41, 5.74) is 8.68. The molecule has 12 atom stereocenters. The number of phosphoric acid groups is 4. The van der Waals surface area contributed by atoms with E-state index in [1.807, 2.05) is 0 Å². The summed E-state index contributed by atoms with van der Waals surface area (Å²) in [5.74, 6) is -0.679. The number of ether oxygens (including phenoxy) is 2. The van der Waals surface area contributed by atoms with E-state index in [4.69, 9.17) is 20.9 Å². The third kappa shape index (κ3) is 8.80. The van der Waals surface area contributed by atoms with Gasteiger partial charge in [0.15, 0.2) is 23.5 Å². The molecule has 14 N–H and O–H groups in total. The summed E-state index contributed by atoms with van der Waals surface area (Å²) in [6.07, 6.45) is -11.8. The number of anilines is 2. The van der Waals surface area contributed by atoms with Gasteiger partial charge in [-0.25, -0.2) is 28.2 Å². The third-order valence-corrected chi connectivity index (χ3v) is 13.5. The summed E-state index contributed by atoms with van der Waals surface area (Å²) in [6, 6.07) is 0. The van der Waals surface area contributed by atoms with Crippen molar-refractivity contribution in [3.8, 4) is 0 Å². The molecule has 2 aliphatic rings. The van der Waals surface area contributed by atoms with Crippen molar-refractivity contribution in [1.82, 2.24) is 39.0 Å². The maximum absolute atomic E-state index is 12.4. The van der Waals surface area contributed by atoms with Crippen LogP contribution in [0.5, 0.6) is 0 Å². The lowest BCUT2D eigenvalue weighted by atomic mass is 10.1. The number of fused-ring (bicyclic) bond motifs is 2. The van der Waals surface area contributed by atoms with Crippen LogP contribution in [-0.4, -0.2) is 129 Å². The van der Waals surface area contributed by atoms with Gasteiger partial charge in [0.25, 0.3) is 0 Å². The summed E-state index contributed by atoms with van der Waals surface area (Å²) >= 11 is 0. The molecule has 304 valence electrons. The quantitative estimate of drug-likeness (QED) is 0.0540. The molecule has 31 nitrogen and oxygen atoms in total. The van der Waals surface area contributed by atoms with Gasteiger partial charge in [0, 0.05) is 0 Å². The number of aromatic amines is 2. The van der Waals surface area contributed by atoms with Gasteiger partial charge in [0.05, 0.1) is 25.9 Å². The number of hydrogen-bond acceptors (Lipinski definition) is 23. The van der Waals surface area contributed by atoms with E-state index in [1.165, 1.54) is 0 Å². The van der Waals surface area contributed by atoms with E-state index in [1.54, 1.807) is 0 Å². The zero-order valence-electron chi connectivity index (χ0n) is 26.7. The molecule has 4 aromatic rings. The van der Waals surface area contributed by atoms with Crippen LogP contribution in [0.2, 0.25) is 0 Å². The van der Waals surface area contributed by atoms with Crippen molar-refractivity contribution in [2.45, 2.75) is 49.1 Å². The Bertz CT molecular complexity index is 2260. The highest BCUT2D eigenvalue weighted by Crippen LogP contribution is 2.71. The highest BCUT2D eigenvalue weighted by molar-refractivity contribution is 7.69. The first-order valence-electron chi connectivity index (χ1n) is 14.7. The van der Waals surface area contributed by atoms with E-state index in [-0.39, 0.29) is 34.2 Å². The molecular weight excluding hydrogens is 840 g/mol. The number of aromatic nitrogens is 8. The zero-order valence-corrected chi connectivity index (χ0v) is 30.3. The highest BCUT2D eigenvalue weighted by Gasteiger charge is 2.50.